The van der Waals surface area contributed by atoms with Crippen LogP contribution in [0.2, 0.25) is 0 Å². The summed E-state index contributed by atoms with van der Waals surface area (Å²) in [6.45, 7) is 1.02. The maximum Gasteiger partial charge on any atom is 0.433 e. The molecule has 3 rings (SSSR count). The number of anilines is 1. The maximum atomic E-state index is 12.9. The zero-order chi connectivity index (χ0) is 25.4. The minimum absolute atomic E-state index is 0.0997. The highest BCUT2D eigenvalue weighted by Gasteiger charge is 2.32. The number of halogens is 3. The molecule has 0 bridgehead atoms. The average molecular weight is 486 g/mol. The highest BCUT2D eigenvalue weighted by atomic mass is 19.4. The number of benzene rings is 1. The van der Waals surface area contributed by atoms with Crippen molar-refractivity contribution in [3.8, 4) is 40.7 Å². The summed E-state index contributed by atoms with van der Waals surface area (Å²) in [6, 6.07) is 11.0. The van der Waals surface area contributed by atoms with Crippen molar-refractivity contribution >= 4 is 5.82 Å². The summed E-state index contributed by atoms with van der Waals surface area (Å²) in [4.78, 5) is 14.6. The van der Waals surface area contributed by atoms with E-state index in [1.807, 2.05) is 11.9 Å². The van der Waals surface area contributed by atoms with E-state index < -0.39 is 18.0 Å². The van der Waals surface area contributed by atoms with Gasteiger partial charge in [-0.25, -0.2) is 9.97 Å². The largest absolute Gasteiger partial charge is 0.491 e. The number of nitrogens with one attached hydrogen (secondary N) is 1. The first kappa shape index (κ1) is 25.9. The molecule has 0 amide bonds. The highest BCUT2D eigenvalue weighted by Crippen LogP contribution is 2.31. The molecule has 0 fully saturated rings. The third kappa shape index (κ3) is 7.15. The molecule has 0 aliphatic carbocycles. The third-order valence-electron chi connectivity index (χ3n) is 5.02. The third-order valence-corrected chi connectivity index (χ3v) is 5.02. The number of rotatable bonds is 10. The number of hydrogen-bond donors (Lipinski definition) is 2. The van der Waals surface area contributed by atoms with Gasteiger partial charge in [0.05, 0.1) is 5.69 Å². The van der Waals surface area contributed by atoms with E-state index >= 15 is 0 Å². The van der Waals surface area contributed by atoms with Gasteiger partial charge < -0.3 is 20.1 Å². The lowest BCUT2D eigenvalue weighted by molar-refractivity contribution is -0.141. The topological polar surface area (TPSA) is 83.4 Å². The monoisotopic (exact) mass is 485 g/mol. The predicted octanol–water partition coefficient (Wildman–Crippen LogP) is 3.64. The van der Waals surface area contributed by atoms with Crippen LogP contribution >= 0.6 is 0 Å². The normalized spacial score (nSPS) is 12.1. The van der Waals surface area contributed by atoms with E-state index in [2.05, 4.69) is 26.2 Å². The van der Waals surface area contributed by atoms with Gasteiger partial charge in [-0.15, -0.1) is 12.3 Å². The Morgan fingerprint density at radius 3 is 2.63 bits per heavy atom. The lowest BCUT2D eigenvalue weighted by atomic mass is 10.1. The number of aromatic nitrogens is 3. The molecule has 0 saturated carbocycles. The molecule has 0 aliphatic heterocycles. The second-order valence-corrected chi connectivity index (χ2v) is 7.79. The molecule has 10 heteroatoms. The predicted molar refractivity (Wildman–Crippen MR) is 128 cm³/mol. The van der Waals surface area contributed by atoms with E-state index in [-0.39, 0.29) is 6.61 Å². The first-order valence-corrected chi connectivity index (χ1v) is 10.8. The fourth-order valence-electron chi connectivity index (χ4n) is 3.18. The second kappa shape index (κ2) is 11.6. The molecule has 1 unspecified atom stereocenters. The van der Waals surface area contributed by atoms with Crippen molar-refractivity contribution in [3.05, 3.63) is 54.4 Å². The Morgan fingerprint density at radius 1 is 1.17 bits per heavy atom. The summed E-state index contributed by atoms with van der Waals surface area (Å²) >= 11 is 0. The van der Waals surface area contributed by atoms with Crippen LogP contribution in [0.5, 0.6) is 5.75 Å². The number of aliphatic hydroxyl groups excluding tert-OH is 1. The van der Waals surface area contributed by atoms with Crippen molar-refractivity contribution < 1.29 is 23.0 Å². The highest BCUT2D eigenvalue weighted by molar-refractivity contribution is 5.68. The van der Waals surface area contributed by atoms with Crippen LogP contribution < -0.4 is 15.0 Å². The van der Waals surface area contributed by atoms with Gasteiger partial charge >= 0.3 is 6.18 Å². The maximum absolute atomic E-state index is 12.9. The molecular formula is C25H26F3N5O2. The molecule has 0 aliphatic rings. The number of hydrogen-bond acceptors (Lipinski definition) is 7. The minimum Gasteiger partial charge on any atom is -0.491 e. The van der Waals surface area contributed by atoms with Crippen molar-refractivity contribution in [2.45, 2.75) is 18.7 Å². The van der Waals surface area contributed by atoms with Gasteiger partial charge in [0, 0.05) is 49.9 Å². The number of pyridine rings is 1. The Labute approximate surface area is 202 Å². The molecule has 2 N–H and O–H groups in total. The number of ether oxygens (including phenoxy) is 1. The fourth-order valence-corrected chi connectivity index (χ4v) is 3.18. The zero-order valence-electron chi connectivity index (χ0n) is 19.4. The van der Waals surface area contributed by atoms with E-state index in [4.69, 9.17) is 11.2 Å². The molecule has 2 heterocycles. The molecule has 0 radical (unpaired) electrons. The Morgan fingerprint density at radius 2 is 1.97 bits per heavy atom. The van der Waals surface area contributed by atoms with E-state index in [0.717, 1.165) is 12.3 Å². The summed E-state index contributed by atoms with van der Waals surface area (Å²) in [5, 5.41) is 12.8. The summed E-state index contributed by atoms with van der Waals surface area (Å²) in [5.74, 6) is 4.00. The number of nitrogens with zero attached hydrogens (tertiary/aromatic N) is 4. The molecule has 3 aromatic rings. The summed E-state index contributed by atoms with van der Waals surface area (Å²) in [6.07, 6.45) is 1.81. The Balaban J connectivity index is 1.98. The lowest BCUT2D eigenvalue weighted by Crippen LogP contribution is -2.29. The van der Waals surface area contributed by atoms with Gasteiger partial charge in [-0.2, -0.15) is 13.2 Å². The van der Waals surface area contributed by atoms with Crippen LogP contribution in [-0.4, -0.2) is 60.0 Å². The Kier molecular flexibility index (Phi) is 8.63. The van der Waals surface area contributed by atoms with E-state index in [9.17, 15) is 18.3 Å². The minimum atomic E-state index is -4.53. The summed E-state index contributed by atoms with van der Waals surface area (Å²) in [5.41, 5.74) is 0.483. The van der Waals surface area contributed by atoms with Crippen LogP contribution in [0.4, 0.5) is 19.0 Å². The Hall–Kier alpha value is -3.68. The van der Waals surface area contributed by atoms with Crippen LogP contribution in [0.15, 0.2) is 48.7 Å². The summed E-state index contributed by atoms with van der Waals surface area (Å²) in [7, 11) is 3.56. The molecular weight excluding hydrogens is 459 g/mol. The SMILES string of the molecule is C#CCCN(C)c1cc(-c2ccc(C(F)(F)F)nc2)nc(-c2cccc(OCC(O)CNC)c2)n1. The van der Waals surface area contributed by atoms with Crippen LogP contribution in [0, 0.1) is 12.3 Å². The van der Waals surface area contributed by atoms with E-state index in [0.29, 0.717) is 53.7 Å². The molecule has 184 valence electrons. The van der Waals surface area contributed by atoms with Gasteiger partial charge in [-0.3, -0.25) is 4.98 Å². The van der Waals surface area contributed by atoms with E-state index in [1.165, 1.54) is 6.07 Å². The van der Waals surface area contributed by atoms with Gasteiger partial charge in [-0.1, -0.05) is 12.1 Å². The quantitative estimate of drug-likeness (QED) is 0.424. The van der Waals surface area contributed by atoms with Crippen molar-refractivity contribution in [1.82, 2.24) is 20.3 Å². The first-order chi connectivity index (χ1) is 16.7. The average Bonchev–Trinajstić information content (AvgIpc) is 2.85. The molecule has 0 saturated heterocycles. The number of terminal acetylenes is 1. The lowest BCUT2D eigenvalue weighted by Gasteiger charge is -2.19. The molecule has 7 nitrogen and oxygen atoms in total. The molecule has 35 heavy (non-hydrogen) atoms. The Bertz CT molecular complexity index is 1160. The van der Waals surface area contributed by atoms with Crippen LogP contribution in [-0.2, 0) is 6.18 Å². The molecule has 2 aromatic heterocycles. The number of likely N-dealkylation sites (N-methyl/N-ethyl adjacent to an activating group) is 1. The second-order valence-electron chi connectivity index (χ2n) is 7.79. The fraction of sp³-hybridized carbons (Fsp3) is 0.320. The number of alkyl halides is 3. The molecule has 0 spiro atoms. The number of aliphatic hydroxyl groups is 1. The van der Waals surface area contributed by atoms with Crippen molar-refractivity contribution in [3.63, 3.8) is 0 Å². The first-order valence-electron chi connectivity index (χ1n) is 10.8. The standard InChI is InChI=1S/C25H26F3N5O2/c1-4-5-11-33(3)23-13-21(18-9-10-22(30-14-18)25(26,27)28)31-24(32-23)17-7-6-8-20(12-17)35-16-19(34)15-29-2/h1,6-10,12-14,19,29,34H,5,11,15-16H2,2-3H3. The zero-order valence-corrected chi connectivity index (χ0v) is 19.4. The molecule has 1 atom stereocenters. The van der Waals surface area contributed by atoms with Gasteiger partial charge in [0.2, 0.25) is 0 Å². The van der Waals surface area contributed by atoms with E-state index in [1.54, 1.807) is 37.4 Å². The van der Waals surface area contributed by atoms with Crippen LogP contribution in [0.3, 0.4) is 0 Å². The smallest absolute Gasteiger partial charge is 0.433 e. The van der Waals surface area contributed by atoms with Crippen molar-refractivity contribution in [2.75, 3.05) is 38.7 Å². The van der Waals surface area contributed by atoms with Gasteiger partial charge in [0.1, 0.15) is 30.0 Å². The van der Waals surface area contributed by atoms with Crippen LogP contribution in [0.1, 0.15) is 12.1 Å². The van der Waals surface area contributed by atoms with Gasteiger partial charge in [0.15, 0.2) is 5.82 Å². The van der Waals surface area contributed by atoms with Gasteiger partial charge in [0.25, 0.3) is 0 Å². The van der Waals surface area contributed by atoms with Crippen molar-refractivity contribution in [1.29, 1.82) is 0 Å². The summed E-state index contributed by atoms with van der Waals surface area (Å²) < 4.78 is 44.5. The van der Waals surface area contributed by atoms with Gasteiger partial charge in [-0.05, 0) is 31.3 Å². The van der Waals surface area contributed by atoms with Crippen molar-refractivity contribution in [2.24, 2.45) is 0 Å². The molecule has 1 aromatic carbocycles. The van der Waals surface area contributed by atoms with Crippen LogP contribution in [0.25, 0.3) is 22.6 Å².